The second kappa shape index (κ2) is 4.30. The molecule has 4 heteroatoms. The molecule has 17 heavy (non-hydrogen) atoms. The molecule has 1 heterocycles. The van der Waals surface area contributed by atoms with Gasteiger partial charge in [0.25, 0.3) is 0 Å². The number of nitrogens with zero attached hydrogens (tertiary/aromatic N) is 2. The Bertz CT molecular complexity index is 584. The minimum absolute atomic E-state index is 0.388. The van der Waals surface area contributed by atoms with E-state index in [1.54, 1.807) is 6.20 Å². The number of aromatic nitrogens is 2. The Balaban J connectivity index is 2.62. The molecule has 0 amide bonds. The Kier molecular flexibility index (Phi) is 2.98. The van der Waals surface area contributed by atoms with Crippen LogP contribution in [-0.2, 0) is 0 Å². The van der Waals surface area contributed by atoms with Crippen LogP contribution in [-0.4, -0.2) is 14.8 Å². The first-order chi connectivity index (χ1) is 8.02. The van der Waals surface area contributed by atoms with E-state index in [1.165, 1.54) is 11.1 Å². The van der Waals surface area contributed by atoms with Gasteiger partial charge in [0.05, 0.1) is 23.1 Å². The van der Waals surface area contributed by atoms with E-state index in [2.05, 4.69) is 25.0 Å². The summed E-state index contributed by atoms with van der Waals surface area (Å²) >= 11 is 5.00. The van der Waals surface area contributed by atoms with Crippen LogP contribution in [0.4, 0.5) is 0 Å². The SMILES string of the molecule is Cc1cccc(-n2ncc(C(N)=S)c2C)c1C. The summed E-state index contributed by atoms with van der Waals surface area (Å²) in [5.41, 5.74) is 11.0. The van der Waals surface area contributed by atoms with Crippen LogP contribution in [0.2, 0.25) is 0 Å². The van der Waals surface area contributed by atoms with Gasteiger partial charge in [0.15, 0.2) is 0 Å². The molecule has 0 aliphatic rings. The molecule has 0 saturated heterocycles. The Morgan fingerprint density at radius 2 is 2.00 bits per heavy atom. The summed E-state index contributed by atoms with van der Waals surface area (Å²) in [4.78, 5) is 0.388. The maximum absolute atomic E-state index is 5.65. The zero-order valence-electron chi connectivity index (χ0n) is 10.2. The predicted molar refractivity (Wildman–Crippen MR) is 73.7 cm³/mol. The third-order valence-corrected chi connectivity index (χ3v) is 3.30. The molecule has 0 saturated carbocycles. The zero-order valence-corrected chi connectivity index (χ0v) is 11.0. The Morgan fingerprint density at radius 3 is 2.59 bits per heavy atom. The van der Waals surface area contributed by atoms with Crippen molar-refractivity contribution < 1.29 is 0 Å². The lowest BCUT2D eigenvalue weighted by Crippen LogP contribution is -2.11. The van der Waals surface area contributed by atoms with E-state index in [0.29, 0.717) is 4.99 Å². The van der Waals surface area contributed by atoms with E-state index >= 15 is 0 Å². The van der Waals surface area contributed by atoms with E-state index in [0.717, 1.165) is 16.9 Å². The molecule has 1 aromatic heterocycles. The van der Waals surface area contributed by atoms with E-state index in [9.17, 15) is 0 Å². The number of aryl methyl sites for hydroxylation is 1. The minimum atomic E-state index is 0.388. The summed E-state index contributed by atoms with van der Waals surface area (Å²) < 4.78 is 1.89. The summed E-state index contributed by atoms with van der Waals surface area (Å²) in [6.07, 6.45) is 1.72. The van der Waals surface area contributed by atoms with Crippen molar-refractivity contribution in [2.75, 3.05) is 0 Å². The molecule has 0 unspecified atom stereocenters. The van der Waals surface area contributed by atoms with E-state index in [-0.39, 0.29) is 0 Å². The van der Waals surface area contributed by atoms with Crippen molar-refractivity contribution >= 4 is 17.2 Å². The molecule has 0 radical (unpaired) electrons. The number of hydrogen-bond acceptors (Lipinski definition) is 2. The molecule has 3 nitrogen and oxygen atoms in total. The highest BCUT2D eigenvalue weighted by Gasteiger charge is 2.11. The van der Waals surface area contributed by atoms with Crippen LogP contribution in [0, 0.1) is 20.8 Å². The Morgan fingerprint density at radius 1 is 1.29 bits per heavy atom. The second-order valence-corrected chi connectivity index (χ2v) is 4.58. The number of thiocarbonyl (C=S) groups is 1. The normalized spacial score (nSPS) is 10.5. The maximum Gasteiger partial charge on any atom is 0.107 e. The molecular formula is C13H15N3S. The first kappa shape index (κ1) is 11.8. The first-order valence-electron chi connectivity index (χ1n) is 5.43. The molecule has 0 bridgehead atoms. The molecule has 2 rings (SSSR count). The van der Waals surface area contributed by atoms with Gasteiger partial charge >= 0.3 is 0 Å². The molecule has 0 fully saturated rings. The van der Waals surface area contributed by atoms with Crippen molar-refractivity contribution in [3.63, 3.8) is 0 Å². The largest absolute Gasteiger partial charge is 0.389 e. The van der Waals surface area contributed by atoms with E-state index < -0.39 is 0 Å². The lowest BCUT2D eigenvalue weighted by Gasteiger charge is -2.10. The fraction of sp³-hybridized carbons (Fsp3) is 0.231. The molecule has 1 aromatic carbocycles. The van der Waals surface area contributed by atoms with Crippen molar-refractivity contribution in [2.45, 2.75) is 20.8 Å². The van der Waals surface area contributed by atoms with Gasteiger partial charge in [-0.1, -0.05) is 24.4 Å². The third-order valence-electron chi connectivity index (χ3n) is 3.08. The zero-order chi connectivity index (χ0) is 12.6. The molecule has 0 aliphatic heterocycles. The van der Waals surface area contributed by atoms with Gasteiger partial charge in [-0.05, 0) is 38.0 Å². The summed E-state index contributed by atoms with van der Waals surface area (Å²) in [6, 6.07) is 6.16. The van der Waals surface area contributed by atoms with Gasteiger partial charge in [0, 0.05) is 0 Å². The van der Waals surface area contributed by atoms with Crippen LogP contribution in [0.15, 0.2) is 24.4 Å². The molecule has 2 aromatic rings. The third kappa shape index (κ3) is 1.96. The molecule has 2 N–H and O–H groups in total. The van der Waals surface area contributed by atoms with Crippen molar-refractivity contribution in [3.8, 4) is 5.69 Å². The number of hydrogen-bond donors (Lipinski definition) is 1. The summed E-state index contributed by atoms with van der Waals surface area (Å²) in [6.45, 7) is 6.15. The van der Waals surface area contributed by atoms with E-state index in [4.69, 9.17) is 18.0 Å². The van der Waals surface area contributed by atoms with Crippen molar-refractivity contribution in [1.82, 2.24) is 9.78 Å². The molecule has 0 atom stereocenters. The molecule has 0 spiro atoms. The van der Waals surface area contributed by atoms with Crippen molar-refractivity contribution in [3.05, 3.63) is 46.8 Å². The molecule has 0 aliphatic carbocycles. The number of rotatable bonds is 2. The monoisotopic (exact) mass is 245 g/mol. The van der Waals surface area contributed by atoms with Crippen LogP contribution in [0.1, 0.15) is 22.4 Å². The molecular weight excluding hydrogens is 230 g/mol. The first-order valence-corrected chi connectivity index (χ1v) is 5.84. The predicted octanol–water partition coefficient (Wildman–Crippen LogP) is 2.43. The highest BCUT2D eigenvalue weighted by molar-refractivity contribution is 7.80. The van der Waals surface area contributed by atoms with Gasteiger partial charge in [0.2, 0.25) is 0 Å². The minimum Gasteiger partial charge on any atom is -0.389 e. The Labute approximate surface area is 106 Å². The van der Waals surface area contributed by atoms with Crippen molar-refractivity contribution in [2.24, 2.45) is 5.73 Å². The average molecular weight is 245 g/mol. The van der Waals surface area contributed by atoms with Crippen LogP contribution in [0.3, 0.4) is 0 Å². The van der Waals surface area contributed by atoms with Gasteiger partial charge in [-0.15, -0.1) is 0 Å². The van der Waals surface area contributed by atoms with Crippen molar-refractivity contribution in [1.29, 1.82) is 0 Å². The van der Waals surface area contributed by atoms with E-state index in [1.807, 2.05) is 23.7 Å². The number of benzene rings is 1. The highest BCUT2D eigenvalue weighted by Crippen LogP contribution is 2.20. The Hall–Kier alpha value is -1.68. The molecule has 88 valence electrons. The van der Waals surface area contributed by atoms with Gasteiger partial charge < -0.3 is 5.73 Å². The van der Waals surface area contributed by atoms with Gasteiger partial charge in [-0.3, -0.25) is 0 Å². The average Bonchev–Trinajstić information content (AvgIpc) is 2.64. The van der Waals surface area contributed by atoms with Crippen LogP contribution < -0.4 is 5.73 Å². The highest BCUT2D eigenvalue weighted by atomic mass is 32.1. The number of nitrogens with two attached hydrogens (primary N) is 1. The summed E-state index contributed by atoms with van der Waals surface area (Å²) in [7, 11) is 0. The van der Waals surface area contributed by atoms with Gasteiger partial charge in [-0.25, -0.2) is 4.68 Å². The maximum atomic E-state index is 5.65. The fourth-order valence-electron chi connectivity index (χ4n) is 1.86. The van der Waals surface area contributed by atoms with Gasteiger partial charge in [-0.2, -0.15) is 5.10 Å². The van der Waals surface area contributed by atoms with Crippen LogP contribution in [0.5, 0.6) is 0 Å². The van der Waals surface area contributed by atoms with Gasteiger partial charge in [0.1, 0.15) is 4.99 Å². The smallest absolute Gasteiger partial charge is 0.107 e. The summed E-state index contributed by atoms with van der Waals surface area (Å²) in [5, 5.41) is 4.36. The lowest BCUT2D eigenvalue weighted by atomic mass is 10.1. The second-order valence-electron chi connectivity index (χ2n) is 4.14. The van der Waals surface area contributed by atoms with Crippen LogP contribution in [0.25, 0.3) is 5.69 Å². The standard InChI is InChI=1S/C13H15N3S/c1-8-5-4-6-12(9(8)2)16-10(3)11(7-15-16)13(14)17/h4-7H,1-3H3,(H2,14,17). The summed E-state index contributed by atoms with van der Waals surface area (Å²) in [5.74, 6) is 0. The topological polar surface area (TPSA) is 43.8 Å². The lowest BCUT2D eigenvalue weighted by molar-refractivity contribution is 0.838. The quantitative estimate of drug-likeness (QED) is 0.826. The fourth-order valence-corrected chi connectivity index (χ4v) is 2.06. The van der Waals surface area contributed by atoms with Crippen LogP contribution >= 0.6 is 12.2 Å².